The molecule has 0 bridgehead atoms. The molecular weight excluding hydrogens is 275 g/mol. The van der Waals surface area contributed by atoms with Crippen LogP contribution in [0.4, 0.5) is 4.39 Å². The maximum Gasteiger partial charge on any atom is 0.264 e. The van der Waals surface area contributed by atoms with Gasteiger partial charge in [0.2, 0.25) is 0 Å². The fourth-order valence-electron chi connectivity index (χ4n) is 1.75. The lowest BCUT2D eigenvalue weighted by molar-refractivity contribution is 0.576. The van der Waals surface area contributed by atoms with Gasteiger partial charge >= 0.3 is 0 Å². The highest BCUT2D eigenvalue weighted by Gasteiger charge is 2.17. The molecule has 0 aromatic heterocycles. The summed E-state index contributed by atoms with van der Waals surface area (Å²) in [7, 11) is 1.12. The first kappa shape index (κ1) is 13.1. The maximum absolute atomic E-state index is 13.4. The predicted octanol–water partition coefficient (Wildman–Crippen LogP) is 3.73. The van der Waals surface area contributed by atoms with Gasteiger partial charge in [0.25, 0.3) is 9.05 Å². The van der Waals surface area contributed by atoms with Crippen LogP contribution in [0.3, 0.4) is 0 Å². The second-order valence-corrected chi connectivity index (χ2v) is 6.43. The van der Waals surface area contributed by atoms with Gasteiger partial charge in [0, 0.05) is 10.7 Å². The van der Waals surface area contributed by atoms with Crippen LogP contribution in [-0.2, 0) is 9.05 Å². The van der Waals surface area contributed by atoms with Crippen LogP contribution < -0.4 is 0 Å². The highest BCUT2D eigenvalue weighted by molar-refractivity contribution is 8.13. The fourth-order valence-corrected chi connectivity index (χ4v) is 2.68. The highest BCUT2D eigenvalue weighted by Crippen LogP contribution is 2.28. The van der Waals surface area contributed by atoms with Crippen molar-refractivity contribution in [2.24, 2.45) is 0 Å². The van der Waals surface area contributed by atoms with Crippen molar-refractivity contribution in [2.45, 2.75) is 11.8 Å². The Bertz CT molecular complexity index is 696. The Balaban J connectivity index is 2.66. The Labute approximate surface area is 109 Å². The molecule has 0 N–H and O–H groups in total. The minimum Gasteiger partial charge on any atom is -0.207 e. The van der Waals surface area contributed by atoms with Crippen molar-refractivity contribution in [1.82, 2.24) is 0 Å². The van der Waals surface area contributed by atoms with Gasteiger partial charge in [0.1, 0.15) is 10.7 Å². The molecule has 0 saturated carbocycles. The van der Waals surface area contributed by atoms with E-state index in [1.807, 2.05) is 31.2 Å². The van der Waals surface area contributed by atoms with Crippen molar-refractivity contribution in [2.75, 3.05) is 0 Å². The normalized spacial score (nSPS) is 11.5. The largest absolute Gasteiger partial charge is 0.264 e. The summed E-state index contributed by atoms with van der Waals surface area (Å²) in [6.45, 7) is 1.90. The molecule has 2 aromatic carbocycles. The molecule has 94 valence electrons. The van der Waals surface area contributed by atoms with Crippen molar-refractivity contribution in [1.29, 1.82) is 0 Å². The lowest BCUT2D eigenvalue weighted by Gasteiger charge is -2.07. The Morgan fingerprint density at radius 2 is 1.78 bits per heavy atom. The molecule has 0 saturated heterocycles. The monoisotopic (exact) mass is 284 g/mol. The fraction of sp³-hybridized carbons (Fsp3) is 0.0769. The Hall–Kier alpha value is -1.39. The SMILES string of the molecule is Cc1ccccc1-c1ccc(F)c(S(=O)(=O)Cl)c1. The molecule has 0 aliphatic rings. The van der Waals surface area contributed by atoms with Crippen LogP contribution in [-0.4, -0.2) is 8.42 Å². The van der Waals surface area contributed by atoms with E-state index in [9.17, 15) is 12.8 Å². The Morgan fingerprint density at radius 1 is 1.11 bits per heavy atom. The van der Waals surface area contributed by atoms with Crippen LogP contribution in [0.15, 0.2) is 47.4 Å². The van der Waals surface area contributed by atoms with Gasteiger partial charge in [0.05, 0.1) is 0 Å². The van der Waals surface area contributed by atoms with E-state index < -0.39 is 19.8 Å². The van der Waals surface area contributed by atoms with Crippen molar-refractivity contribution in [3.05, 3.63) is 53.8 Å². The number of hydrogen-bond acceptors (Lipinski definition) is 2. The number of benzene rings is 2. The minimum absolute atomic E-state index is 0.495. The molecule has 2 aromatic rings. The van der Waals surface area contributed by atoms with Gasteiger partial charge in [0.15, 0.2) is 0 Å². The Morgan fingerprint density at radius 3 is 2.39 bits per heavy atom. The number of hydrogen-bond donors (Lipinski definition) is 0. The summed E-state index contributed by atoms with van der Waals surface area (Å²) in [4.78, 5) is -0.495. The lowest BCUT2D eigenvalue weighted by atomic mass is 10.0. The molecular formula is C13H10ClFO2S. The zero-order valence-electron chi connectivity index (χ0n) is 9.52. The van der Waals surface area contributed by atoms with Gasteiger partial charge in [-0.25, -0.2) is 12.8 Å². The van der Waals surface area contributed by atoms with Gasteiger partial charge in [-0.1, -0.05) is 30.3 Å². The van der Waals surface area contributed by atoms with Crippen LogP contribution in [0.1, 0.15) is 5.56 Å². The molecule has 0 amide bonds. The van der Waals surface area contributed by atoms with Gasteiger partial charge < -0.3 is 0 Å². The number of halogens is 2. The average Bonchev–Trinajstić information content (AvgIpc) is 2.29. The molecule has 0 aliphatic heterocycles. The first-order chi connectivity index (χ1) is 8.39. The van der Waals surface area contributed by atoms with Crippen LogP contribution in [0.25, 0.3) is 11.1 Å². The predicted molar refractivity (Wildman–Crippen MR) is 69.6 cm³/mol. The maximum atomic E-state index is 13.4. The molecule has 0 radical (unpaired) electrons. The molecule has 18 heavy (non-hydrogen) atoms. The summed E-state index contributed by atoms with van der Waals surface area (Å²) in [5.41, 5.74) is 2.44. The molecule has 0 heterocycles. The molecule has 0 aliphatic carbocycles. The zero-order chi connectivity index (χ0) is 13.3. The quantitative estimate of drug-likeness (QED) is 0.788. The molecule has 0 unspecified atom stereocenters. The number of aryl methyl sites for hydroxylation is 1. The van der Waals surface area contributed by atoms with Crippen LogP contribution in [0.5, 0.6) is 0 Å². The molecule has 0 atom stereocenters. The van der Waals surface area contributed by atoms with E-state index in [-0.39, 0.29) is 0 Å². The Kier molecular flexibility index (Phi) is 3.41. The van der Waals surface area contributed by atoms with Crippen LogP contribution in [0, 0.1) is 12.7 Å². The highest BCUT2D eigenvalue weighted by atomic mass is 35.7. The van der Waals surface area contributed by atoms with Crippen LogP contribution in [0.2, 0.25) is 0 Å². The van der Waals surface area contributed by atoms with Crippen molar-refractivity contribution in [3.63, 3.8) is 0 Å². The standard InChI is InChI=1S/C13H10ClFO2S/c1-9-4-2-3-5-11(9)10-6-7-12(15)13(8-10)18(14,16)17/h2-8H,1H3. The second kappa shape index (κ2) is 4.71. The van der Waals surface area contributed by atoms with E-state index in [1.54, 1.807) is 0 Å². The third-order valence-electron chi connectivity index (χ3n) is 2.65. The summed E-state index contributed by atoms with van der Waals surface area (Å²) in [6, 6.07) is 11.3. The minimum atomic E-state index is -4.08. The van der Waals surface area contributed by atoms with Gasteiger partial charge in [-0.15, -0.1) is 0 Å². The third-order valence-corrected chi connectivity index (χ3v) is 3.99. The van der Waals surface area contributed by atoms with Crippen molar-refractivity contribution in [3.8, 4) is 11.1 Å². The summed E-state index contributed by atoms with van der Waals surface area (Å²) in [5.74, 6) is -0.845. The molecule has 0 spiro atoms. The smallest absolute Gasteiger partial charge is 0.207 e. The molecule has 2 nitrogen and oxygen atoms in total. The van der Waals surface area contributed by atoms with Crippen molar-refractivity contribution < 1.29 is 12.8 Å². The molecule has 2 rings (SSSR count). The lowest BCUT2D eigenvalue weighted by Crippen LogP contribution is -1.96. The summed E-state index contributed by atoms with van der Waals surface area (Å²) < 4.78 is 35.9. The first-order valence-corrected chi connectivity index (χ1v) is 7.51. The summed E-state index contributed by atoms with van der Waals surface area (Å²) in [6.07, 6.45) is 0. The zero-order valence-corrected chi connectivity index (χ0v) is 11.1. The third kappa shape index (κ3) is 2.54. The topological polar surface area (TPSA) is 34.1 Å². The van der Waals surface area contributed by atoms with Gasteiger partial charge in [-0.05, 0) is 35.7 Å². The average molecular weight is 285 g/mol. The first-order valence-electron chi connectivity index (χ1n) is 5.20. The van der Waals surface area contributed by atoms with E-state index in [2.05, 4.69) is 0 Å². The van der Waals surface area contributed by atoms with Crippen LogP contribution >= 0.6 is 10.7 Å². The molecule has 5 heteroatoms. The number of rotatable bonds is 2. The van der Waals surface area contributed by atoms with Crippen molar-refractivity contribution >= 4 is 19.7 Å². The van der Waals surface area contributed by atoms with E-state index in [0.717, 1.165) is 17.2 Å². The van der Waals surface area contributed by atoms with E-state index in [0.29, 0.717) is 5.56 Å². The molecule has 0 fully saturated rings. The van der Waals surface area contributed by atoms with Gasteiger partial charge in [-0.3, -0.25) is 0 Å². The summed E-state index contributed by atoms with van der Waals surface area (Å²) in [5, 5.41) is 0. The second-order valence-electron chi connectivity index (χ2n) is 3.90. The van der Waals surface area contributed by atoms with Gasteiger partial charge in [-0.2, -0.15) is 0 Å². The van der Waals surface area contributed by atoms with E-state index >= 15 is 0 Å². The van der Waals surface area contributed by atoms with E-state index in [1.165, 1.54) is 12.1 Å². The summed E-state index contributed by atoms with van der Waals surface area (Å²) >= 11 is 0. The van der Waals surface area contributed by atoms with E-state index in [4.69, 9.17) is 10.7 Å².